The van der Waals surface area contributed by atoms with Gasteiger partial charge in [-0.05, 0) is 64.7 Å². The third-order valence-corrected chi connectivity index (χ3v) is 4.21. The van der Waals surface area contributed by atoms with Crippen LogP contribution in [0.2, 0.25) is 0 Å². The summed E-state index contributed by atoms with van der Waals surface area (Å²) in [5.41, 5.74) is 0. The highest BCUT2D eigenvalue weighted by atomic mass is 16.5. The molecule has 3 heteroatoms. The third-order valence-electron chi connectivity index (χ3n) is 4.21. The Bertz CT molecular complexity index is 202. The van der Waals surface area contributed by atoms with Crippen molar-refractivity contribution in [3.8, 4) is 0 Å². The van der Waals surface area contributed by atoms with E-state index >= 15 is 0 Å². The van der Waals surface area contributed by atoms with Gasteiger partial charge >= 0.3 is 0 Å². The van der Waals surface area contributed by atoms with Gasteiger partial charge < -0.3 is 15.0 Å². The molecule has 2 rings (SSSR count). The first kappa shape index (κ1) is 12.3. The van der Waals surface area contributed by atoms with E-state index in [4.69, 9.17) is 4.74 Å². The van der Waals surface area contributed by atoms with E-state index in [1.165, 1.54) is 38.9 Å². The fraction of sp³-hybridized carbons (Fsp3) is 1.00. The third kappa shape index (κ3) is 3.44. The highest BCUT2D eigenvalue weighted by molar-refractivity contribution is 4.77. The van der Waals surface area contributed by atoms with Gasteiger partial charge in [-0.3, -0.25) is 0 Å². The van der Waals surface area contributed by atoms with Gasteiger partial charge in [0.25, 0.3) is 0 Å². The zero-order valence-electron chi connectivity index (χ0n) is 10.7. The molecule has 2 unspecified atom stereocenters. The maximum atomic E-state index is 5.58. The zero-order chi connectivity index (χ0) is 11.4. The van der Waals surface area contributed by atoms with E-state index in [-0.39, 0.29) is 0 Å². The summed E-state index contributed by atoms with van der Waals surface area (Å²) >= 11 is 0. The zero-order valence-corrected chi connectivity index (χ0v) is 10.7. The number of nitrogens with zero attached hydrogens (tertiary/aromatic N) is 1. The Morgan fingerprint density at radius 2 is 1.94 bits per heavy atom. The highest BCUT2D eigenvalue weighted by Gasteiger charge is 2.24. The maximum Gasteiger partial charge on any atom is 0.0588 e. The van der Waals surface area contributed by atoms with Gasteiger partial charge in [0.1, 0.15) is 0 Å². The molecule has 2 saturated heterocycles. The standard InChI is InChI=1S/C13H26N2O/c1-11-13(5-8-16-11)10-14-9-12-3-6-15(2)7-4-12/h11-14H,3-10H2,1-2H3. The summed E-state index contributed by atoms with van der Waals surface area (Å²) in [5.74, 6) is 1.64. The molecule has 0 spiro atoms. The van der Waals surface area contributed by atoms with Crippen LogP contribution in [0.4, 0.5) is 0 Å². The Balaban J connectivity index is 1.57. The molecule has 2 aliphatic rings. The number of hydrogen-bond donors (Lipinski definition) is 1. The summed E-state index contributed by atoms with van der Waals surface area (Å²) in [6.45, 7) is 8.06. The monoisotopic (exact) mass is 226 g/mol. The van der Waals surface area contributed by atoms with Crippen LogP contribution in [0.3, 0.4) is 0 Å². The Kier molecular flexibility index (Phi) is 4.62. The van der Waals surface area contributed by atoms with Crippen LogP contribution >= 0.6 is 0 Å². The summed E-state index contributed by atoms with van der Waals surface area (Å²) in [5, 5.41) is 3.64. The largest absolute Gasteiger partial charge is 0.378 e. The van der Waals surface area contributed by atoms with E-state index < -0.39 is 0 Å². The van der Waals surface area contributed by atoms with Crippen LogP contribution in [0.15, 0.2) is 0 Å². The van der Waals surface area contributed by atoms with Crippen molar-refractivity contribution < 1.29 is 4.74 Å². The summed E-state index contributed by atoms with van der Waals surface area (Å²) in [6.07, 6.45) is 4.42. The minimum Gasteiger partial charge on any atom is -0.378 e. The van der Waals surface area contributed by atoms with Crippen LogP contribution in [0, 0.1) is 11.8 Å². The maximum absolute atomic E-state index is 5.58. The molecule has 0 aromatic carbocycles. The predicted molar refractivity (Wildman–Crippen MR) is 66.6 cm³/mol. The van der Waals surface area contributed by atoms with E-state index in [0.717, 1.165) is 25.0 Å². The van der Waals surface area contributed by atoms with E-state index in [1.54, 1.807) is 0 Å². The molecule has 0 radical (unpaired) electrons. The Labute approximate surface area is 99.5 Å². The van der Waals surface area contributed by atoms with Gasteiger partial charge in [-0.1, -0.05) is 0 Å². The number of nitrogens with one attached hydrogen (secondary N) is 1. The fourth-order valence-electron chi connectivity index (χ4n) is 2.78. The van der Waals surface area contributed by atoms with Crippen LogP contribution in [0.5, 0.6) is 0 Å². The second-order valence-electron chi connectivity index (χ2n) is 5.53. The SMILES string of the molecule is CC1OCCC1CNCC1CCN(C)CC1. The molecular weight excluding hydrogens is 200 g/mol. The molecule has 0 saturated carbocycles. The first-order valence-corrected chi connectivity index (χ1v) is 6.76. The molecule has 2 aliphatic heterocycles. The van der Waals surface area contributed by atoms with Crippen molar-refractivity contribution in [2.75, 3.05) is 39.8 Å². The molecule has 0 aliphatic carbocycles. The van der Waals surface area contributed by atoms with Crippen molar-refractivity contribution in [2.24, 2.45) is 11.8 Å². The summed E-state index contributed by atoms with van der Waals surface area (Å²) in [6, 6.07) is 0. The van der Waals surface area contributed by atoms with Gasteiger partial charge in [-0.25, -0.2) is 0 Å². The molecule has 2 heterocycles. The van der Waals surface area contributed by atoms with Gasteiger partial charge in [-0.15, -0.1) is 0 Å². The number of piperidine rings is 1. The molecule has 0 aromatic heterocycles. The van der Waals surface area contributed by atoms with Gasteiger partial charge in [0.2, 0.25) is 0 Å². The van der Waals surface area contributed by atoms with Crippen LogP contribution in [-0.2, 0) is 4.74 Å². The lowest BCUT2D eigenvalue weighted by atomic mass is 9.96. The quantitative estimate of drug-likeness (QED) is 0.783. The Morgan fingerprint density at radius 1 is 1.19 bits per heavy atom. The molecular formula is C13H26N2O. The Morgan fingerprint density at radius 3 is 2.56 bits per heavy atom. The molecule has 2 atom stereocenters. The van der Waals surface area contributed by atoms with Crippen LogP contribution in [0.25, 0.3) is 0 Å². The Hall–Kier alpha value is -0.120. The van der Waals surface area contributed by atoms with Crippen molar-refractivity contribution >= 4 is 0 Å². The molecule has 0 bridgehead atoms. The lowest BCUT2D eigenvalue weighted by molar-refractivity contribution is 0.105. The number of likely N-dealkylation sites (tertiary alicyclic amines) is 1. The summed E-state index contributed by atoms with van der Waals surface area (Å²) in [4.78, 5) is 2.43. The van der Waals surface area contributed by atoms with E-state index in [1.807, 2.05) is 0 Å². The minimum atomic E-state index is 0.463. The average Bonchev–Trinajstić information content (AvgIpc) is 2.68. The first-order chi connectivity index (χ1) is 7.75. The lowest BCUT2D eigenvalue weighted by Crippen LogP contribution is -2.37. The number of rotatable bonds is 4. The van der Waals surface area contributed by atoms with Crippen LogP contribution in [0.1, 0.15) is 26.2 Å². The smallest absolute Gasteiger partial charge is 0.0588 e. The molecule has 2 fully saturated rings. The highest BCUT2D eigenvalue weighted by Crippen LogP contribution is 2.20. The van der Waals surface area contributed by atoms with Gasteiger partial charge in [0, 0.05) is 13.2 Å². The van der Waals surface area contributed by atoms with E-state index in [9.17, 15) is 0 Å². The average molecular weight is 226 g/mol. The van der Waals surface area contributed by atoms with E-state index in [2.05, 4.69) is 24.2 Å². The van der Waals surface area contributed by atoms with Gasteiger partial charge in [0.05, 0.1) is 6.10 Å². The number of hydrogen-bond acceptors (Lipinski definition) is 3. The molecule has 94 valence electrons. The molecule has 1 N–H and O–H groups in total. The second kappa shape index (κ2) is 5.99. The lowest BCUT2D eigenvalue weighted by Gasteiger charge is -2.29. The number of ether oxygens (including phenoxy) is 1. The van der Waals surface area contributed by atoms with Crippen LogP contribution < -0.4 is 5.32 Å². The van der Waals surface area contributed by atoms with E-state index in [0.29, 0.717) is 6.10 Å². The topological polar surface area (TPSA) is 24.5 Å². The van der Waals surface area contributed by atoms with Gasteiger partial charge in [-0.2, -0.15) is 0 Å². The summed E-state index contributed by atoms with van der Waals surface area (Å²) < 4.78 is 5.58. The predicted octanol–water partition coefficient (Wildman–Crippen LogP) is 1.34. The molecule has 16 heavy (non-hydrogen) atoms. The van der Waals surface area contributed by atoms with Crippen molar-refractivity contribution in [3.05, 3.63) is 0 Å². The molecule has 0 aromatic rings. The fourth-order valence-corrected chi connectivity index (χ4v) is 2.78. The van der Waals surface area contributed by atoms with Crippen molar-refractivity contribution in [3.63, 3.8) is 0 Å². The van der Waals surface area contributed by atoms with Crippen LogP contribution in [-0.4, -0.2) is 50.8 Å². The second-order valence-corrected chi connectivity index (χ2v) is 5.53. The van der Waals surface area contributed by atoms with Crippen molar-refractivity contribution in [1.29, 1.82) is 0 Å². The van der Waals surface area contributed by atoms with Gasteiger partial charge in [0.15, 0.2) is 0 Å². The molecule has 3 nitrogen and oxygen atoms in total. The summed E-state index contributed by atoms with van der Waals surface area (Å²) in [7, 11) is 2.22. The van der Waals surface area contributed by atoms with Crippen molar-refractivity contribution in [1.82, 2.24) is 10.2 Å². The normalized spacial score (nSPS) is 33.4. The minimum absolute atomic E-state index is 0.463. The first-order valence-electron chi connectivity index (χ1n) is 6.76. The van der Waals surface area contributed by atoms with Crippen molar-refractivity contribution in [2.45, 2.75) is 32.3 Å². The molecule has 0 amide bonds.